The number of ether oxygens (including phenoxy) is 2. The molecule has 1 aliphatic heterocycles. The number of benzene rings is 1. The summed E-state index contributed by atoms with van der Waals surface area (Å²) in [6.07, 6.45) is 3.62. The van der Waals surface area contributed by atoms with Crippen LogP contribution in [0.5, 0.6) is 5.75 Å². The highest BCUT2D eigenvalue weighted by atomic mass is 16.5. The van der Waals surface area contributed by atoms with Crippen molar-refractivity contribution in [2.45, 2.75) is 6.92 Å². The number of aromatic nitrogens is 2. The number of anilines is 2. The van der Waals surface area contributed by atoms with E-state index in [0.717, 1.165) is 27.9 Å². The van der Waals surface area contributed by atoms with E-state index in [1.807, 2.05) is 53.9 Å². The molecule has 7 nitrogen and oxygen atoms in total. The molecule has 0 unspecified atom stereocenters. The molecule has 0 saturated carbocycles. The molecular formula is C21H24N4O3. The van der Waals surface area contributed by atoms with E-state index in [0.29, 0.717) is 37.7 Å². The van der Waals surface area contributed by atoms with Crippen LogP contribution in [0.15, 0.2) is 36.7 Å². The van der Waals surface area contributed by atoms with Crippen molar-refractivity contribution in [2.75, 3.05) is 38.7 Å². The average Bonchev–Trinajstić information content (AvgIpc) is 3.12. The summed E-state index contributed by atoms with van der Waals surface area (Å²) in [5.74, 6) is 1.48. The molecule has 0 bridgehead atoms. The molecule has 1 N–H and O–H groups in total. The maximum absolute atomic E-state index is 13.1. The van der Waals surface area contributed by atoms with Gasteiger partial charge in [-0.1, -0.05) is 6.07 Å². The zero-order valence-electron chi connectivity index (χ0n) is 16.4. The molecule has 2 aromatic heterocycles. The first kappa shape index (κ1) is 18.3. The Hall–Kier alpha value is -3.06. The van der Waals surface area contributed by atoms with Gasteiger partial charge >= 0.3 is 0 Å². The van der Waals surface area contributed by atoms with Crippen LogP contribution in [0.3, 0.4) is 0 Å². The summed E-state index contributed by atoms with van der Waals surface area (Å²) in [5.41, 5.74) is 3.48. The first-order valence-corrected chi connectivity index (χ1v) is 9.31. The van der Waals surface area contributed by atoms with Crippen LogP contribution in [0.1, 0.15) is 15.9 Å². The van der Waals surface area contributed by atoms with E-state index in [9.17, 15) is 4.79 Å². The van der Waals surface area contributed by atoms with Gasteiger partial charge in [0.25, 0.3) is 5.91 Å². The van der Waals surface area contributed by atoms with Crippen molar-refractivity contribution in [1.29, 1.82) is 0 Å². The number of fused-ring (bicyclic) bond motifs is 1. The second kappa shape index (κ2) is 7.52. The van der Waals surface area contributed by atoms with Crippen molar-refractivity contribution in [1.82, 2.24) is 14.5 Å². The van der Waals surface area contributed by atoms with Gasteiger partial charge in [-0.15, -0.1) is 0 Å². The molecule has 1 saturated heterocycles. The Morgan fingerprint density at radius 1 is 1.25 bits per heavy atom. The zero-order chi connectivity index (χ0) is 19.7. The van der Waals surface area contributed by atoms with Crippen LogP contribution < -0.4 is 10.1 Å². The van der Waals surface area contributed by atoms with Crippen LogP contribution >= 0.6 is 0 Å². The maximum Gasteiger partial charge on any atom is 0.257 e. The molecule has 3 heterocycles. The van der Waals surface area contributed by atoms with Gasteiger partial charge in [0.2, 0.25) is 0 Å². The third kappa shape index (κ3) is 3.29. The molecule has 0 atom stereocenters. The van der Waals surface area contributed by atoms with Gasteiger partial charge in [-0.2, -0.15) is 0 Å². The molecule has 0 spiro atoms. The lowest BCUT2D eigenvalue weighted by atomic mass is 10.1. The van der Waals surface area contributed by atoms with E-state index in [4.69, 9.17) is 9.47 Å². The van der Waals surface area contributed by atoms with Crippen LogP contribution in [0.4, 0.5) is 11.5 Å². The number of rotatable bonds is 4. The molecular weight excluding hydrogens is 356 g/mol. The summed E-state index contributed by atoms with van der Waals surface area (Å²) in [6, 6.07) is 7.85. The van der Waals surface area contributed by atoms with Crippen LogP contribution in [-0.4, -0.2) is 53.8 Å². The molecule has 0 aliphatic carbocycles. The van der Waals surface area contributed by atoms with E-state index in [1.165, 1.54) is 0 Å². The van der Waals surface area contributed by atoms with Crippen molar-refractivity contribution < 1.29 is 14.3 Å². The van der Waals surface area contributed by atoms with Crippen molar-refractivity contribution >= 4 is 28.3 Å². The van der Waals surface area contributed by atoms with Gasteiger partial charge in [0.15, 0.2) is 0 Å². The topological polar surface area (TPSA) is 68.6 Å². The number of hydrogen-bond donors (Lipinski definition) is 1. The lowest BCUT2D eigenvalue weighted by Gasteiger charge is -2.27. The Morgan fingerprint density at radius 3 is 2.79 bits per heavy atom. The summed E-state index contributed by atoms with van der Waals surface area (Å²) < 4.78 is 12.7. The summed E-state index contributed by atoms with van der Waals surface area (Å²) in [7, 11) is 3.59. The van der Waals surface area contributed by atoms with Gasteiger partial charge in [0.05, 0.1) is 31.4 Å². The molecule has 1 aliphatic rings. The first-order valence-electron chi connectivity index (χ1n) is 9.31. The number of hydrogen-bond acceptors (Lipinski definition) is 5. The Kier molecular flexibility index (Phi) is 4.92. The summed E-state index contributed by atoms with van der Waals surface area (Å²) in [4.78, 5) is 19.5. The van der Waals surface area contributed by atoms with Crippen LogP contribution in [-0.2, 0) is 11.8 Å². The van der Waals surface area contributed by atoms with Gasteiger partial charge in [0.1, 0.15) is 11.6 Å². The SMILES string of the molecule is COc1ccc(C)c(Nc2ncc(C(=O)N3CCOCC3)c3c2ccn3C)c1. The molecule has 1 fully saturated rings. The quantitative estimate of drug-likeness (QED) is 0.753. The number of nitrogens with zero attached hydrogens (tertiary/aromatic N) is 3. The fraction of sp³-hybridized carbons (Fsp3) is 0.333. The number of carbonyl (C=O) groups excluding carboxylic acids is 1. The monoisotopic (exact) mass is 380 g/mol. The largest absolute Gasteiger partial charge is 0.497 e. The molecule has 28 heavy (non-hydrogen) atoms. The van der Waals surface area contributed by atoms with E-state index in [-0.39, 0.29) is 5.91 Å². The van der Waals surface area contributed by atoms with Crippen LogP contribution in [0.2, 0.25) is 0 Å². The Morgan fingerprint density at radius 2 is 2.04 bits per heavy atom. The van der Waals surface area contributed by atoms with Crippen molar-refractivity contribution in [3.8, 4) is 5.75 Å². The minimum Gasteiger partial charge on any atom is -0.497 e. The number of aryl methyl sites for hydroxylation is 2. The summed E-state index contributed by atoms with van der Waals surface area (Å²) in [6.45, 7) is 4.39. The lowest BCUT2D eigenvalue weighted by Crippen LogP contribution is -2.40. The predicted octanol–water partition coefficient (Wildman–Crippen LogP) is 3.11. The Balaban J connectivity index is 1.73. The number of methoxy groups -OCH3 is 1. The van der Waals surface area contributed by atoms with Gasteiger partial charge < -0.3 is 24.3 Å². The third-order valence-corrected chi connectivity index (χ3v) is 5.13. The Bertz CT molecular complexity index is 1020. The molecule has 1 amide bonds. The summed E-state index contributed by atoms with van der Waals surface area (Å²) in [5, 5.41) is 4.31. The van der Waals surface area contributed by atoms with Crippen molar-refractivity contribution in [3.05, 3.63) is 47.8 Å². The standard InChI is InChI=1S/C21H24N4O3/c1-14-4-5-15(27-3)12-18(14)23-20-16-6-7-24(2)19(16)17(13-22-20)21(26)25-8-10-28-11-9-25/h4-7,12-13H,8-11H2,1-3H3,(H,22,23). The van der Waals surface area contributed by atoms with Crippen LogP contribution in [0, 0.1) is 6.92 Å². The second-order valence-electron chi connectivity index (χ2n) is 6.92. The maximum atomic E-state index is 13.1. The number of nitrogens with one attached hydrogen (secondary N) is 1. The van der Waals surface area contributed by atoms with E-state index in [2.05, 4.69) is 10.3 Å². The Labute approximate surface area is 163 Å². The van der Waals surface area contributed by atoms with Gasteiger partial charge in [-0.3, -0.25) is 4.79 Å². The number of carbonyl (C=O) groups is 1. The van der Waals surface area contributed by atoms with Crippen molar-refractivity contribution in [3.63, 3.8) is 0 Å². The van der Waals surface area contributed by atoms with Gasteiger partial charge in [-0.05, 0) is 24.6 Å². The highest BCUT2D eigenvalue weighted by Gasteiger charge is 2.23. The highest BCUT2D eigenvalue weighted by molar-refractivity contribution is 6.08. The first-order chi connectivity index (χ1) is 13.6. The van der Waals surface area contributed by atoms with Crippen LogP contribution in [0.25, 0.3) is 10.9 Å². The number of morpholine rings is 1. The second-order valence-corrected chi connectivity index (χ2v) is 6.92. The average molecular weight is 380 g/mol. The van der Waals surface area contributed by atoms with Gasteiger partial charge in [-0.25, -0.2) is 4.98 Å². The predicted molar refractivity (Wildman–Crippen MR) is 108 cm³/mol. The van der Waals surface area contributed by atoms with E-state index >= 15 is 0 Å². The smallest absolute Gasteiger partial charge is 0.257 e. The zero-order valence-corrected chi connectivity index (χ0v) is 16.4. The molecule has 3 aromatic rings. The molecule has 4 rings (SSSR count). The normalized spacial score (nSPS) is 14.3. The highest BCUT2D eigenvalue weighted by Crippen LogP contribution is 2.31. The minimum absolute atomic E-state index is 0.00768. The van der Waals surface area contributed by atoms with Crippen molar-refractivity contribution in [2.24, 2.45) is 7.05 Å². The fourth-order valence-corrected chi connectivity index (χ4v) is 3.50. The third-order valence-electron chi connectivity index (χ3n) is 5.13. The number of pyridine rings is 1. The molecule has 1 aromatic carbocycles. The van der Waals surface area contributed by atoms with E-state index < -0.39 is 0 Å². The lowest BCUT2D eigenvalue weighted by molar-refractivity contribution is 0.0303. The fourth-order valence-electron chi connectivity index (χ4n) is 3.50. The molecule has 146 valence electrons. The minimum atomic E-state index is -0.00768. The van der Waals surface area contributed by atoms with Gasteiger partial charge in [0, 0.05) is 49.7 Å². The van der Waals surface area contributed by atoms with E-state index in [1.54, 1.807) is 13.3 Å². The number of amides is 1. The summed E-state index contributed by atoms with van der Waals surface area (Å²) >= 11 is 0. The molecule has 0 radical (unpaired) electrons. The molecule has 7 heteroatoms.